The van der Waals surface area contributed by atoms with Crippen molar-refractivity contribution >= 4 is 39.6 Å². The van der Waals surface area contributed by atoms with Gasteiger partial charge in [0.05, 0.1) is 30.9 Å². The van der Waals surface area contributed by atoms with Crippen molar-refractivity contribution in [3.63, 3.8) is 0 Å². The van der Waals surface area contributed by atoms with Gasteiger partial charge in [0.25, 0.3) is 0 Å². The fourth-order valence-corrected chi connectivity index (χ4v) is 2.94. The zero-order valence-electron chi connectivity index (χ0n) is 11.6. The first-order valence-electron chi connectivity index (χ1n) is 6.30. The SMILES string of the molecule is COc1cc2nc(N)n(-c3ccccc3I)c2cc1OC. The number of hydrogen-bond acceptors (Lipinski definition) is 4. The molecule has 0 aliphatic rings. The number of nitrogen functional groups attached to an aromatic ring is 1. The van der Waals surface area contributed by atoms with Gasteiger partial charge < -0.3 is 15.2 Å². The van der Waals surface area contributed by atoms with E-state index in [2.05, 4.69) is 27.6 Å². The zero-order valence-corrected chi connectivity index (χ0v) is 13.8. The molecule has 0 atom stereocenters. The van der Waals surface area contributed by atoms with E-state index in [9.17, 15) is 0 Å². The third-order valence-electron chi connectivity index (χ3n) is 3.28. The molecular formula is C15H14IN3O2. The average molecular weight is 395 g/mol. The van der Waals surface area contributed by atoms with E-state index in [1.807, 2.05) is 41.0 Å². The van der Waals surface area contributed by atoms with Crippen LogP contribution in [0, 0.1) is 3.57 Å². The first-order chi connectivity index (χ1) is 10.2. The molecule has 0 saturated carbocycles. The first-order valence-corrected chi connectivity index (χ1v) is 7.38. The van der Waals surface area contributed by atoms with E-state index in [1.54, 1.807) is 14.2 Å². The molecule has 21 heavy (non-hydrogen) atoms. The van der Waals surface area contributed by atoms with Crippen LogP contribution in [0.5, 0.6) is 11.5 Å². The smallest absolute Gasteiger partial charge is 0.205 e. The number of halogens is 1. The minimum absolute atomic E-state index is 0.435. The Hall–Kier alpha value is -1.96. The number of imidazole rings is 1. The number of rotatable bonds is 3. The third kappa shape index (κ3) is 2.29. The van der Waals surface area contributed by atoms with Crippen LogP contribution < -0.4 is 15.2 Å². The zero-order chi connectivity index (χ0) is 15.0. The molecular weight excluding hydrogens is 381 g/mol. The van der Waals surface area contributed by atoms with Gasteiger partial charge in [0.1, 0.15) is 0 Å². The van der Waals surface area contributed by atoms with Gasteiger partial charge in [-0.3, -0.25) is 4.57 Å². The van der Waals surface area contributed by atoms with E-state index < -0.39 is 0 Å². The molecule has 1 aromatic heterocycles. The molecule has 3 rings (SSSR count). The van der Waals surface area contributed by atoms with E-state index in [1.165, 1.54) is 0 Å². The minimum atomic E-state index is 0.435. The molecule has 0 aliphatic heterocycles. The van der Waals surface area contributed by atoms with Gasteiger partial charge in [0.2, 0.25) is 5.95 Å². The van der Waals surface area contributed by atoms with Crippen molar-refractivity contribution in [2.75, 3.05) is 20.0 Å². The summed E-state index contributed by atoms with van der Waals surface area (Å²) in [7, 11) is 3.21. The minimum Gasteiger partial charge on any atom is -0.493 e. The van der Waals surface area contributed by atoms with Crippen LogP contribution in [0.1, 0.15) is 0 Å². The number of aromatic nitrogens is 2. The standard InChI is InChI=1S/C15H14IN3O2/c1-20-13-7-10-12(8-14(13)21-2)19(15(17)18-10)11-6-4-3-5-9(11)16/h3-8H,1-2H3,(H2,17,18). The van der Waals surface area contributed by atoms with Crippen molar-refractivity contribution in [3.05, 3.63) is 40.0 Å². The fraction of sp³-hybridized carbons (Fsp3) is 0.133. The van der Waals surface area contributed by atoms with Crippen LogP contribution in [-0.2, 0) is 0 Å². The lowest BCUT2D eigenvalue weighted by Gasteiger charge is -2.11. The highest BCUT2D eigenvalue weighted by Crippen LogP contribution is 2.34. The molecule has 0 saturated heterocycles. The summed E-state index contributed by atoms with van der Waals surface area (Å²) in [6, 6.07) is 11.7. The Labute approximate surface area is 135 Å². The summed E-state index contributed by atoms with van der Waals surface area (Å²) in [6.07, 6.45) is 0. The van der Waals surface area contributed by atoms with Crippen LogP contribution in [0.15, 0.2) is 36.4 Å². The van der Waals surface area contributed by atoms with E-state index in [0.29, 0.717) is 17.4 Å². The number of fused-ring (bicyclic) bond motifs is 1. The van der Waals surface area contributed by atoms with Crippen molar-refractivity contribution in [1.82, 2.24) is 9.55 Å². The quantitative estimate of drug-likeness (QED) is 0.692. The molecule has 108 valence electrons. The summed E-state index contributed by atoms with van der Waals surface area (Å²) in [5, 5.41) is 0. The van der Waals surface area contributed by atoms with E-state index in [4.69, 9.17) is 15.2 Å². The summed E-state index contributed by atoms with van der Waals surface area (Å²) < 4.78 is 13.7. The summed E-state index contributed by atoms with van der Waals surface area (Å²) in [5.41, 5.74) is 8.75. The predicted octanol–water partition coefficient (Wildman–Crippen LogP) is 3.23. The first kappa shape index (κ1) is 14.0. The third-order valence-corrected chi connectivity index (χ3v) is 4.19. The number of ether oxygens (including phenoxy) is 2. The highest BCUT2D eigenvalue weighted by Gasteiger charge is 2.15. The molecule has 0 aliphatic carbocycles. The number of nitrogens with two attached hydrogens (primary N) is 1. The Balaban J connectivity index is 2.33. The van der Waals surface area contributed by atoms with E-state index >= 15 is 0 Å². The number of para-hydroxylation sites is 1. The highest BCUT2D eigenvalue weighted by molar-refractivity contribution is 14.1. The molecule has 0 bridgehead atoms. The van der Waals surface area contributed by atoms with Crippen LogP contribution in [0.25, 0.3) is 16.7 Å². The molecule has 6 heteroatoms. The maximum Gasteiger partial charge on any atom is 0.205 e. The molecule has 0 fully saturated rings. The van der Waals surface area contributed by atoms with Crippen molar-refractivity contribution in [3.8, 4) is 17.2 Å². The van der Waals surface area contributed by atoms with Crippen molar-refractivity contribution in [2.24, 2.45) is 0 Å². The molecule has 5 nitrogen and oxygen atoms in total. The summed E-state index contributed by atoms with van der Waals surface area (Å²) in [6.45, 7) is 0. The normalized spacial score (nSPS) is 10.8. The molecule has 0 amide bonds. The molecule has 2 aromatic carbocycles. The van der Waals surface area contributed by atoms with Crippen LogP contribution in [-0.4, -0.2) is 23.8 Å². The van der Waals surface area contributed by atoms with Crippen LogP contribution in [0.3, 0.4) is 0 Å². The average Bonchev–Trinajstić information content (AvgIpc) is 2.81. The lowest BCUT2D eigenvalue weighted by Crippen LogP contribution is -2.02. The number of benzene rings is 2. The second kappa shape index (κ2) is 5.44. The maximum atomic E-state index is 6.10. The Morgan fingerprint density at radius 1 is 1.10 bits per heavy atom. The van der Waals surface area contributed by atoms with Crippen LogP contribution in [0.2, 0.25) is 0 Å². The summed E-state index contributed by atoms with van der Waals surface area (Å²) in [5.74, 6) is 1.72. The molecule has 1 heterocycles. The largest absolute Gasteiger partial charge is 0.493 e. The van der Waals surface area contributed by atoms with Gasteiger partial charge in [-0.2, -0.15) is 0 Å². The second-order valence-corrected chi connectivity index (χ2v) is 5.61. The summed E-state index contributed by atoms with van der Waals surface area (Å²) in [4.78, 5) is 4.42. The number of hydrogen-bond donors (Lipinski definition) is 1. The lowest BCUT2D eigenvalue weighted by molar-refractivity contribution is 0.355. The molecule has 0 spiro atoms. The van der Waals surface area contributed by atoms with Gasteiger partial charge in [0.15, 0.2) is 11.5 Å². The predicted molar refractivity (Wildman–Crippen MR) is 91.3 cm³/mol. The lowest BCUT2D eigenvalue weighted by atomic mass is 10.2. The maximum absolute atomic E-state index is 6.10. The van der Waals surface area contributed by atoms with Gasteiger partial charge in [-0.25, -0.2) is 4.98 Å². The molecule has 0 unspecified atom stereocenters. The molecule has 3 aromatic rings. The second-order valence-electron chi connectivity index (χ2n) is 4.45. The van der Waals surface area contributed by atoms with Crippen LogP contribution >= 0.6 is 22.6 Å². The Kier molecular flexibility index (Phi) is 3.62. The van der Waals surface area contributed by atoms with Crippen molar-refractivity contribution in [2.45, 2.75) is 0 Å². The van der Waals surface area contributed by atoms with E-state index in [-0.39, 0.29) is 0 Å². The topological polar surface area (TPSA) is 62.3 Å². The van der Waals surface area contributed by atoms with Crippen molar-refractivity contribution in [1.29, 1.82) is 0 Å². The summed E-state index contributed by atoms with van der Waals surface area (Å²) >= 11 is 2.28. The monoisotopic (exact) mass is 395 g/mol. The number of anilines is 1. The van der Waals surface area contributed by atoms with Gasteiger partial charge in [-0.15, -0.1) is 0 Å². The number of nitrogens with zero attached hydrogens (tertiary/aromatic N) is 2. The Morgan fingerprint density at radius 2 is 1.76 bits per heavy atom. The van der Waals surface area contributed by atoms with Gasteiger partial charge >= 0.3 is 0 Å². The Bertz CT molecular complexity index is 814. The number of methoxy groups -OCH3 is 2. The van der Waals surface area contributed by atoms with Crippen molar-refractivity contribution < 1.29 is 9.47 Å². The van der Waals surface area contributed by atoms with Gasteiger partial charge in [0, 0.05) is 15.7 Å². The van der Waals surface area contributed by atoms with E-state index in [0.717, 1.165) is 20.3 Å². The van der Waals surface area contributed by atoms with Gasteiger partial charge in [-0.1, -0.05) is 12.1 Å². The van der Waals surface area contributed by atoms with Crippen LogP contribution in [0.4, 0.5) is 5.95 Å². The fourth-order valence-electron chi connectivity index (χ4n) is 2.31. The molecule has 0 radical (unpaired) electrons. The van der Waals surface area contributed by atoms with Gasteiger partial charge in [-0.05, 0) is 34.7 Å². The highest BCUT2D eigenvalue weighted by atomic mass is 127. The Morgan fingerprint density at radius 3 is 2.43 bits per heavy atom. The molecule has 2 N–H and O–H groups in total.